The number of hydrogen-bond donors (Lipinski definition) is 1. The molecule has 4 heteroatoms. The predicted molar refractivity (Wildman–Crippen MR) is 83.0 cm³/mol. The van der Waals surface area contributed by atoms with Crippen molar-refractivity contribution in [1.29, 1.82) is 0 Å². The highest BCUT2D eigenvalue weighted by Crippen LogP contribution is 2.24. The second-order valence-corrected chi connectivity index (χ2v) is 6.24. The fourth-order valence-corrected chi connectivity index (χ4v) is 1.93. The molecule has 4 nitrogen and oxygen atoms in total. The maximum Gasteiger partial charge on any atom is 0.306 e. The zero-order chi connectivity index (χ0) is 16.0. The van der Waals surface area contributed by atoms with Crippen molar-refractivity contribution < 1.29 is 14.3 Å². The molecule has 0 aliphatic rings. The van der Waals surface area contributed by atoms with E-state index in [-0.39, 0.29) is 30.1 Å². The van der Waals surface area contributed by atoms with Crippen LogP contribution >= 0.6 is 0 Å². The molecular formula is C17H25NO3. The Hall–Kier alpha value is -1.84. The Labute approximate surface area is 126 Å². The number of aryl methyl sites for hydroxylation is 1. The van der Waals surface area contributed by atoms with E-state index < -0.39 is 0 Å². The van der Waals surface area contributed by atoms with Gasteiger partial charge in [0.25, 0.3) is 0 Å². The van der Waals surface area contributed by atoms with E-state index >= 15 is 0 Å². The predicted octanol–water partition coefficient (Wildman–Crippen LogP) is 2.86. The van der Waals surface area contributed by atoms with Crippen molar-refractivity contribution in [1.82, 2.24) is 5.32 Å². The van der Waals surface area contributed by atoms with Crippen LogP contribution in [0.5, 0.6) is 0 Å². The Morgan fingerprint density at radius 1 is 1.19 bits per heavy atom. The van der Waals surface area contributed by atoms with Gasteiger partial charge in [0.1, 0.15) is 0 Å². The molecule has 0 unspecified atom stereocenters. The molecule has 0 radical (unpaired) electrons. The van der Waals surface area contributed by atoms with Crippen LogP contribution in [-0.2, 0) is 26.3 Å². The monoisotopic (exact) mass is 291 g/mol. The molecule has 1 amide bonds. The van der Waals surface area contributed by atoms with Gasteiger partial charge in [-0.05, 0) is 29.0 Å². The summed E-state index contributed by atoms with van der Waals surface area (Å²) in [4.78, 5) is 22.7. The van der Waals surface area contributed by atoms with Crippen molar-refractivity contribution in [3.8, 4) is 0 Å². The summed E-state index contributed by atoms with van der Waals surface area (Å²) >= 11 is 0. The molecule has 116 valence electrons. The summed E-state index contributed by atoms with van der Waals surface area (Å²) in [6, 6.07) is 6.34. The van der Waals surface area contributed by atoms with Crippen molar-refractivity contribution in [3.63, 3.8) is 0 Å². The number of carbonyl (C=O) groups excluding carboxylic acids is 2. The highest BCUT2D eigenvalue weighted by atomic mass is 16.5. The lowest BCUT2D eigenvalue weighted by Gasteiger charge is -2.21. The lowest BCUT2D eigenvalue weighted by Crippen LogP contribution is -2.24. The molecule has 1 aromatic rings. The Balaban J connectivity index is 2.63. The van der Waals surface area contributed by atoms with Gasteiger partial charge in [-0.2, -0.15) is 0 Å². The average Bonchev–Trinajstić information content (AvgIpc) is 2.42. The lowest BCUT2D eigenvalue weighted by molar-refractivity contribution is -0.142. The highest BCUT2D eigenvalue weighted by Gasteiger charge is 2.15. The molecule has 0 spiro atoms. The first-order valence-corrected chi connectivity index (χ1v) is 7.17. The average molecular weight is 291 g/mol. The Kier molecular flexibility index (Phi) is 5.94. The Morgan fingerprint density at radius 2 is 1.86 bits per heavy atom. The normalized spacial score (nSPS) is 11.1. The molecule has 0 bridgehead atoms. The number of rotatable bonds is 5. The number of hydrogen-bond acceptors (Lipinski definition) is 3. The molecular weight excluding hydrogens is 266 g/mol. The van der Waals surface area contributed by atoms with Gasteiger partial charge in [-0.1, -0.05) is 39.0 Å². The van der Waals surface area contributed by atoms with Gasteiger partial charge < -0.3 is 10.1 Å². The maximum absolute atomic E-state index is 11.7. The third kappa shape index (κ3) is 5.58. The number of carbonyl (C=O) groups is 2. The topological polar surface area (TPSA) is 55.4 Å². The van der Waals surface area contributed by atoms with Gasteiger partial charge in [-0.3, -0.25) is 9.59 Å². The minimum Gasteiger partial charge on any atom is -0.469 e. The number of ether oxygens (including phenoxy) is 1. The van der Waals surface area contributed by atoms with Gasteiger partial charge in [0, 0.05) is 13.0 Å². The maximum atomic E-state index is 11.7. The first-order chi connectivity index (χ1) is 9.74. The number of methoxy groups -OCH3 is 1. The van der Waals surface area contributed by atoms with Crippen LogP contribution in [0.15, 0.2) is 18.2 Å². The number of amides is 1. The standard InChI is InChI=1S/C17H25NO3/c1-12-6-7-14(17(2,3)4)10-13(12)11-18-15(19)8-9-16(20)21-5/h6-7,10H,8-9,11H2,1-5H3,(H,18,19). The minimum absolute atomic E-state index is 0.0807. The van der Waals surface area contributed by atoms with Gasteiger partial charge in [-0.15, -0.1) is 0 Å². The highest BCUT2D eigenvalue weighted by molar-refractivity contribution is 5.81. The number of esters is 1. The van der Waals surface area contributed by atoms with E-state index in [2.05, 4.69) is 49.0 Å². The first kappa shape index (κ1) is 17.2. The van der Waals surface area contributed by atoms with E-state index in [4.69, 9.17) is 0 Å². The zero-order valence-corrected chi connectivity index (χ0v) is 13.6. The molecule has 0 aliphatic carbocycles. The van der Waals surface area contributed by atoms with Crippen molar-refractivity contribution in [2.45, 2.75) is 52.5 Å². The third-order valence-corrected chi connectivity index (χ3v) is 3.48. The number of nitrogens with one attached hydrogen (secondary N) is 1. The second kappa shape index (κ2) is 7.25. The molecule has 0 fully saturated rings. The van der Waals surface area contributed by atoms with Crippen LogP contribution in [0.1, 0.15) is 50.3 Å². The van der Waals surface area contributed by atoms with Crippen molar-refractivity contribution in [3.05, 3.63) is 34.9 Å². The third-order valence-electron chi connectivity index (χ3n) is 3.48. The summed E-state index contributed by atoms with van der Waals surface area (Å²) < 4.78 is 4.52. The molecule has 0 aliphatic heterocycles. The molecule has 0 aromatic heterocycles. The fraction of sp³-hybridized carbons (Fsp3) is 0.529. The van der Waals surface area contributed by atoms with Crippen molar-refractivity contribution in [2.75, 3.05) is 7.11 Å². The van der Waals surface area contributed by atoms with E-state index in [0.29, 0.717) is 6.54 Å². The van der Waals surface area contributed by atoms with Crippen LogP contribution in [0.3, 0.4) is 0 Å². The van der Waals surface area contributed by atoms with Crippen LogP contribution in [0.4, 0.5) is 0 Å². The molecule has 0 heterocycles. The molecule has 0 atom stereocenters. The summed E-state index contributed by atoms with van der Waals surface area (Å²) in [6.45, 7) is 9.00. The smallest absolute Gasteiger partial charge is 0.306 e. The first-order valence-electron chi connectivity index (χ1n) is 7.17. The van der Waals surface area contributed by atoms with Gasteiger partial charge in [0.2, 0.25) is 5.91 Å². The quantitative estimate of drug-likeness (QED) is 0.849. The Bertz CT molecular complexity index is 515. The van der Waals surface area contributed by atoms with Gasteiger partial charge in [0.05, 0.1) is 13.5 Å². The van der Waals surface area contributed by atoms with Crippen LogP contribution < -0.4 is 5.32 Å². The van der Waals surface area contributed by atoms with Crippen LogP contribution in [0, 0.1) is 6.92 Å². The van der Waals surface area contributed by atoms with Crippen molar-refractivity contribution in [2.24, 2.45) is 0 Å². The molecule has 0 saturated carbocycles. The zero-order valence-electron chi connectivity index (χ0n) is 13.6. The van der Waals surface area contributed by atoms with E-state index in [1.165, 1.54) is 12.7 Å². The molecule has 1 N–H and O–H groups in total. The molecule has 21 heavy (non-hydrogen) atoms. The minimum atomic E-state index is -0.365. The second-order valence-electron chi connectivity index (χ2n) is 6.24. The summed E-state index contributed by atoms with van der Waals surface area (Å²) in [5.74, 6) is -0.503. The van der Waals surface area contributed by atoms with Crippen LogP contribution in [0.25, 0.3) is 0 Å². The summed E-state index contributed by atoms with van der Waals surface area (Å²) in [6.07, 6.45) is 0.272. The van der Waals surface area contributed by atoms with Crippen LogP contribution in [-0.4, -0.2) is 19.0 Å². The summed E-state index contributed by atoms with van der Waals surface area (Å²) in [7, 11) is 1.32. The molecule has 1 rings (SSSR count). The Morgan fingerprint density at radius 3 is 2.43 bits per heavy atom. The van der Waals surface area contributed by atoms with E-state index in [1.807, 2.05) is 6.92 Å². The van der Waals surface area contributed by atoms with E-state index in [1.54, 1.807) is 0 Å². The van der Waals surface area contributed by atoms with Gasteiger partial charge >= 0.3 is 5.97 Å². The van der Waals surface area contributed by atoms with Crippen LogP contribution in [0.2, 0.25) is 0 Å². The van der Waals surface area contributed by atoms with Gasteiger partial charge in [-0.25, -0.2) is 0 Å². The summed E-state index contributed by atoms with van der Waals surface area (Å²) in [5.41, 5.74) is 3.58. The molecule has 0 saturated heterocycles. The van der Waals surface area contributed by atoms with Crippen molar-refractivity contribution >= 4 is 11.9 Å². The lowest BCUT2D eigenvalue weighted by atomic mass is 9.85. The summed E-state index contributed by atoms with van der Waals surface area (Å²) in [5, 5.41) is 2.85. The molecule has 1 aromatic carbocycles. The number of benzene rings is 1. The van der Waals surface area contributed by atoms with Gasteiger partial charge in [0.15, 0.2) is 0 Å². The van der Waals surface area contributed by atoms with E-state index in [9.17, 15) is 9.59 Å². The largest absolute Gasteiger partial charge is 0.469 e. The van der Waals surface area contributed by atoms with E-state index in [0.717, 1.165) is 11.1 Å². The SMILES string of the molecule is COC(=O)CCC(=O)NCc1cc(C(C)(C)C)ccc1C. The fourth-order valence-electron chi connectivity index (χ4n) is 1.93.